The molecule has 0 aliphatic rings. The van der Waals surface area contributed by atoms with E-state index < -0.39 is 11.6 Å². The van der Waals surface area contributed by atoms with Crippen LogP contribution in [0, 0.1) is 6.92 Å². The molecule has 1 heterocycles. The zero-order chi connectivity index (χ0) is 19.6. The van der Waals surface area contributed by atoms with Crippen molar-refractivity contribution >= 4 is 29.2 Å². The van der Waals surface area contributed by atoms with E-state index in [1.165, 1.54) is 35.5 Å². The average Bonchev–Trinajstić information content (AvgIpc) is 3.10. The molecule has 2 N–H and O–H groups in total. The van der Waals surface area contributed by atoms with Crippen LogP contribution in [0.25, 0.3) is 0 Å². The lowest BCUT2D eigenvalue weighted by molar-refractivity contribution is -0.161. The summed E-state index contributed by atoms with van der Waals surface area (Å²) < 4.78 is 6.92. The number of hydrogen-bond donors (Lipinski definition) is 2. The summed E-state index contributed by atoms with van der Waals surface area (Å²) in [6.45, 7) is 3.49. The minimum Gasteiger partial charge on any atom is -0.479 e. The van der Waals surface area contributed by atoms with Gasteiger partial charge in [0.05, 0.1) is 11.6 Å². The highest BCUT2D eigenvalue weighted by Crippen LogP contribution is 2.35. The van der Waals surface area contributed by atoms with Gasteiger partial charge in [0.25, 0.3) is 0 Å². The molecule has 139 valence electrons. The van der Waals surface area contributed by atoms with Crippen molar-refractivity contribution in [3.8, 4) is 11.5 Å². The Bertz CT molecular complexity index is 979. The normalized spacial score (nSPS) is 13.2. The Balaban J connectivity index is 1.91. The van der Waals surface area contributed by atoms with Crippen LogP contribution in [0.3, 0.4) is 0 Å². The summed E-state index contributed by atoms with van der Waals surface area (Å²) in [7, 11) is 0. The molecule has 1 unspecified atom stereocenters. The summed E-state index contributed by atoms with van der Waals surface area (Å²) >= 11 is 12.1. The van der Waals surface area contributed by atoms with E-state index in [1.54, 1.807) is 18.2 Å². The maximum atomic E-state index is 11.7. The first-order chi connectivity index (χ1) is 12.8. The van der Waals surface area contributed by atoms with Gasteiger partial charge in [0, 0.05) is 10.6 Å². The van der Waals surface area contributed by atoms with Crippen LogP contribution in [0.4, 0.5) is 0 Å². The highest BCUT2D eigenvalue weighted by molar-refractivity contribution is 6.32. The molecule has 1 radical (unpaired) electrons. The van der Waals surface area contributed by atoms with Crippen molar-refractivity contribution in [1.29, 1.82) is 0 Å². The molecule has 1 atom stereocenters. The summed E-state index contributed by atoms with van der Waals surface area (Å²) in [4.78, 5) is 15.5. The van der Waals surface area contributed by atoms with Gasteiger partial charge in [-0.2, -0.15) is 5.10 Å². The topological polar surface area (TPSA) is 97.5 Å². The third-order valence-electron chi connectivity index (χ3n) is 3.85. The second-order valence-corrected chi connectivity index (χ2v) is 6.60. The van der Waals surface area contributed by atoms with Crippen LogP contribution in [0.5, 0.6) is 11.5 Å². The fraction of sp³-hybridized carbons (Fsp3) is 0.111. The number of carbonyl (C=O) groups is 1. The Morgan fingerprint density at radius 3 is 2.63 bits per heavy atom. The number of benzene rings is 2. The van der Waals surface area contributed by atoms with Gasteiger partial charge in [-0.05, 0) is 42.8 Å². The lowest BCUT2D eigenvalue weighted by Gasteiger charge is -2.25. The number of aromatic nitrogens is 3. The van der Waals surface area contributed by atoms with Crippen LogP contribution in [0.1, 0.15) is 11.1 Å². The van der Waals surface area contributed by atoms with Gasteiger partial charge in [-0.1, -0.05) is 29.3 Å². The largest absolute Gasteiger partial charge is 0.479 e. The zero-order valence-electron chi connectivity index (χ0n) is 13.8. The molecule has 3 aromatic rings. The first kappa shape index (κ1) is 19.2. The standard InChI is InChI=1S/C18H14Cl2N3O4/c1-11-6-12(19)2-5-16(11)27-13-3-4-14(15(20)7-13)18(26,17(24)25)8-23-10-21-9-22-23/h2-7,9-10,26H,1,8H2,(H,24,25). The molecule has 2 aromatic carbocycles. The number of aliphatic carboxylic acids is 1. The van der Waals surface area contributed by atoms with Crippen LogP contribution in [0.15, 0.2) is 49.1 Å². The van der Waals surface area contributed by atoms with Crippen LogP contribution >= 0.6 is 23.2 Å². The fourth-order valence-corrected chi connectivity index (χ4v) is 3.01. The number of carboxylic acid groups (broad SMARTS) is 1. The van der Waals surface area contributed by atoms with E-state index >= 15 is 0 Å². The van der Waals surface area contributed by atoms with Crippen LogP contribution in [-0.2, 0) is 16.9 Å². The molecule has 0 bridgehead atoms. The molecular formula is C18H14Cl2N3O4. The number of hydrogen-bond acceptors (Lipinski definition) is 5. The highest BCUT2D eigenvalue weighted by atomic mass is 35.5. The van der Waals surface area contributed by atoms with Crippen LogP contribution < -0.4 is 4.74 Å². The van der Waals surface area contributed by atoms with Crippen molar-refractivity contribution in [1.82, 2.24) is 14.8 Å². The van der Waals surface area contributed by atoms with E-state index in [-0.39, 0.29) is 17.1 Å². The van der Waals surface area contributed by atoms with Gasteiger partial charge in [-0.25, -0.2) is 14.5 Å². The Morgan fingerprint density at radius 1 is 1.26 bits per heavy atom. The lowest BCUT2D eigenvalue weighted by atomic mass is 9.93. The molecule has 3 rings (SSSR count). The Hall–Kier alpha value is -2.61. The van der Waals surface area contributed by atoms with Gasteiger partial charge in [-0.15, -0.1) is 0 Å². The monoisotopic (exact) mass is 406 g/mol. The lowest BCUT2D eigenvalue weighted by Crippen LogP contribution is -2.40. The van der Waals surface area contributed by atoms with Crippen molar-refractivity contribution in [3.63, 3.8) is 0 Å². The van der Waals surface area contributed by atoms with Crippen molar-refractivity contribution in [3.05, 3.63) is 77.1 Å². The number of nitrogens with zero attached hydrogens (tertiary/aromatic N) is 3. The summed E-state index contributed by atoms with van der Waals surface area (Å²) in [5.41, 5.74) is -1.71. The maximum absolute atomic E-state index is 11.7. The summed E-state index contributed by atoms with van der Waals surface area (Å²) in [6.07, 6.45) is 2.54. The smallest absolute Gasteiger partial charge is 0.342 e. The molecule has 0 spiro atoms. The van der Waals surface area contributed by atoms with Crippen LogP contribution in [0.2, 0.25) is 10.0 Å². The zero-order valence-corrected chi connectivity index (χ0v) is 15.4. The first-order valence-electron chi connectivity index (χ1n) is 7.67. The van der Waals surface area contributed by atoms with Crippen molar-refractivity contribution in [2.45, 2.75) is 12.1 Å². The number of carboxylic acids is 1. The molecule has 0 aliphatic heterocycles. The maximum Gasteiger partial charge on any atom is 0.342 e. The minimum absolute atomic E-state index is 0.00506. The fourth-order valence-electron chi connectivity index (χ4n) is 2.49. The molecule has 9 heteroatoms. The van der Waals surface area contributed by atoms with Gasteiger partial charge in [0.1, 0.15) is 24.2 Å². The average molecular weight is 407 g/mol. The molecular weight excluding hydrogens is 393 g/mol. The second kappa shape index (κ2) is 7.56. The van der Waals surface area contributed by atoms with E-state index in [0.717, 1.165) is 0 Å². The Kier molecular flexibility index (Phi) is 5.36. The Labute approximate surface area is 164 Å². The van der Waals surface area contributed by atoms with Gasteiger partial charge in [0.15, 0.2) is 0 Å². The van der Waals surface area contributed by atoms with E-state index in [4.69, 9.17) is 27.9 Å². The van der Waals surface area contributed by atoms with Crippen LogP contribution in [-0.4, -0.2) is 30.9 Å². The first-order valence-corrected chi connectivity index (χ1v) is 8.43. The predicted octanol–water partition coefficient (Wildman–Crippen LogP) is 3.53. The van der Waals surface area contributed by atoms with Crippen molar-refractivity contribution < 1.29 is 19.7 Å². The van der Waals surface area contributed by atoms with Gasteiger partial charge in [0.2, 0.25) is 5.60 Å². The van der Waals surface area contributed by atoms with Gasteiger partial charge < -0.3 is 14.9 Å². The number of rotatable bonds is 6. The molecule has 27 heavy (non-hydrogen) atoms. The van der Waals surface area contributed by atoms with E-state index in [2.05, 4.69) is 17.0 Å². The van der Waals surface area contributed by atoms with E-state index in [9.17, 15) is 15.0 Å². The quantitative estimate of drug-likeness (QED) is 0.649. The summed E-state index contributed by atoms with van der Waals surface area (Å²) in [6, 6.07) is 9.27. The number of aliphatic hydroxyl groups is 1. The molecule has 0 fully saturated rings. The number of halogens is 2. The second-order valence-electron chi connectivity index (χ2n) is 5.75. The molecule has 0 amide bonds. The summed E-state index contributed by atoms with van der Waals surface area (Å²) in [5, 5.41) is 24.7. The molecule has 0 saturated heterocycles. The third-order valence-corrected chi connectivity index (χ3v) is 4.40. The molecule has 0 saturated carbocycles. The Morgan fingerprint density at radius 2 is 2.04 bits per heavy atom. The van der Waals surface area contributed by atoms with Crippen molar-refractivity contribution in [2.75, 3.05) is 0 Å². The van der Waals surface area contributed by atoms with Gasteiger partial charge in [-0.3, -0.25) is 0 Å². The molecule has 1 aromatic heterocycles. The minimum atomic E-state index is -2.29. The highest BCUT2D eigenvalue weighted by Gasteiger charge is 2.41. The van der Waals surface area contributed by atoms with Gasteiger partial charge >= 0.3 is 5.97 Å². The molecule has 7 nitrogen and oxygen atoms in total. The summed E-state index contributed by atoms with van der Waals surface area (Å²) in [5.74, 6) is -0.643. The van der Waals surface area contributed by atoms with E-state index in [0.29, 0.717) is 22.1 Å². The number of ether oxygens (including phenoxy) is 1. The third kappa shape index (κ3) is 4.05. The predicted molar refractivity (Wildman–Crippen MR) is 99.0 cm³/mol. The SMILES string of the molecule is [CH2]c1cc(Cl)ccc1Oc1ccc(C(O)(Cn2cncn2)C(=O)O)c(Cl)c1. The van der Waals surface area contributed by atoms with E-state index in [1.807, 2.05) is 0 Å². The molecule has 0 aliphatic carbocycles. The van der Waals surface area contributed by atoms with Crippen molar-refractivity contribution in [2.24, 2.45) is 0 Å².